The highest BCUT2D eigenvalue weighted by molar-refractivity contribution is 5.30. The largest absolute Gasteiger partial charge is 0.326 e. The fraction of sp³-hybridized carbons (Fsp3) is 0.600. The van der Waals surface area contributed by atoms with Gasteiger partial charge in [0.2, 0.25) is 0 Å². The number of likely N-dealkylation sites (tertiary alicyclic amines) is 1. The van der Waals surface area contributed by atoms with Gasteiger partial charge in [-0.25, -0.2) is 0 Å². The predicted molar refractivity (Wildman–Crippen MR) is 72.9 cm³/mol. The highest BCUT2D eigenvalue weighted by Crippen LogP contribution is 2.19. The first kappa shape index (κ1) is 12.6. The van der Waals surface area contributed by atoms with Gasteiger partial charge in [0, 0.05) is 19.1 Å². The van der Waals surface area contributed by atoms with Gasteiger partial charge in [-0.15, -0.1) is 0 Å². The zero-order chi connectivity index (χ0) is 12.4. The lowest BCUT2D eigenvalue weighted by molar-refractivity contribution is 0.162. The van der Waals surface area contributed by atoms with Gasteiger partial charge in [0.05, 0.1) is 0 Å². The highest BCUT2D eigenvalue weighted by atomic mass is 15.1. The third-order valence-corrected chi connectivity index (χ3v) is 3.99. The highest BCUT2D eigenvalue weighted by Gasteiger charge is 2.23. The average Bonchev–Trinajstić information content (AvgIpc) is 2.27. The molecule has 0 amide bonds. The number of rotatable bonds is 2. The molecule has 0 aliphatic carbocycles. The molecule has 1 heterocycles. The molecule has 2 atom stereocenters. The molecule has 2 heteroatoms. The smallest absolute Gasteiger partial charge is 0.0237 e. The molecule has 2 unspecified atom stereocenters. The Bertz CT molecular complexity index is 387. The summed E-state index contributed by atoms with van der Waals surface area (Å²) in [4.78, 5) is 2.49. The van der Waals surface area contributed by atoms with E-state index in [0.29, 0.717) is 12.0 Å². The van der Waals surface area contributed by atoms with E-state index in [1.54, 1.807) is 0 Å². The lowest BCUT2D eigenvalue weighted by Gasteiger charge is -2.35. The van der Waals surface area contributed by atoms with Crippen LogP contribution in [0.1, 0.15) is 30.0 Å². The maximum Gasteiger partial charge on any atom is 0.0237 e. The van der Waals surface area contributed by atoms with Gasteiger partial charge in [0.25, 0.3) is 0 Å². The Hall–Kier alpha value is -0.860. The molecule has 1 aliphatic heterocycles. The zero-order valence-corrected chi connectivity index (χ0v) is 11.2. The Morgan fingerprint density at radius 1 is 1.35 bits per heavy atom. The molecule has 94 valence electrons. The molecule has 0 radical (unpaired) electrons. The van der Waals surface area contributed by atoms with Crippen molar-refractivity contribution in [3.63, 3.8) is 0 Å². The van der Waals surface area contributed by atoms with Crippen LogP contribution in [0.15, 0.2) is 18.2 Å². The van der Waals surface area contributed by atoms with Crippen molar-refractivity contribution in [3.05, 3.63) is 34.9 Å². The molecule has 0 spiro atoms. The fourth-order valence-electron chi connectivity index (χ4n) is 2.58. The molecule has 17 heavy (non-hydrogen) atoms. The van der Waals surface area contributed by atoms with E-state index < -0.39 is 0 Å². The topological polar surface area (TPSA) is 29.3 Å². The Morgan fingerprint density at radius 3 is 2.76 bits per heavy atom. The Labute approximate surface area is 105 Å². The van der Waals surface area contributed by atoms with E-state index in [-0.39, 0.29) is 0 Å². The van der Waals surface area contributed by atoms with Crippen molar-refractivity contribution in [2.75, 3.05) is 13.1 Å². The monoisotopic (exact) mass is 232 g/mol. The molecule has 1 saturated heterocycles. The van der Waals surface area contributed by atoms with Crippen molar-refractivity contribution in [1.29, 1.82) is 0 Å². The van der Waals surface area contributed by atoms with E-state index in [1.165, 1.54) is 29.7 Å². The van der Waals surface area contributed by atoms with Gasteiger partial charge in [0.15, 0.2) is 0 Å². The molecule has 1 aromatic rings. The van der Waals surface area contributed by atoms with Crippen molar-refractivity contribution in [2.24, 2.45) is 11.7 Å². The molecule has 1 aromatic carbocycles. The van der Waals surface area contributed by atoms with E-state index in [2.05, 4.69) is 43.9 Å². The van der Waals surface area contributed by atoms with Crippen LogP contribution in [0.2, 0.25) is 0 Å². The van der Waals surface area contributed by atoms with E-state index in [1.807, 2.05) is 0 Å². The maximum absolute atomic E-state index is 6.14. The van der Waals surface area contributed by atoms with Gasteiger partial charge in [-0.3, -0.25) is 4.90 Å². The summed E-state index contributed by atoms with van der Waals surface area (Å²) in [5, 5.41) is 0. The summed E-state index contributed by atoms with van der Waals surface area (Å²) in [6.45, 7) is 9.88. The van der Waals surface area contributed by atoms with Crippen LogP contribution in [0.5, 0.6) is 0 Å². The molecule has 0 bridgehead atoms. The first-order chi connectivity index (χ1) is 8.06. The Morgan fingerprint density at radius 2 is 2.12 bits per heavy atom. The van der Waals surface area contributed by atoms with Crippen LogP contribution >= 0.6 is 0 Å². The third kappa shape index (κ3) is 3.08. The number of aryl methyl sites for hydroxylation is 2. The molecule has 0 aromatic heterocycles. The lowest BCUT2D eigenvalue weighted by Crippen LogP contribution is -2.47. The molecule has 1 fully saturated rings. The second-order valence-electron chi connectivity index (χ2n) is 5.59. The summed E-state index contributed by atoms with van der Waals surface area (Å²) < 4.78 is 0. The van der Waals surface area contributed by atoms with Crippen LogP contribution in [-0.4, -0.2) is 24.0 Å². The summed E-state index contributed by atoms with van der Waals surface area (Å²) >= 11 is 0. The van der Waals surface area contributed by atoms with E-state index in [4.69, 9.17) is 5.73 Å². The molecule has 1 aliphatic rings. The van der Waals surface area contributed by atoms with Gasteiger partial charge < -0.3 is 5.73 Å². The Kier molecular flexibility index (Phi) is 3.85. The number of piperidine rings is 1. The minimum atomic E-state index is 0.342. The minimum absolute atomic E-state index is 0.342. The number of benzene rings is 1. The molecule has 2 rings (SSSR count). The van der Waals surface area contributed by atoms with Crippen LogP contribution in [0.25, 0.3) is 0 Å². The van der Waals surface area contributed by atoms with Crippen LogP contribution in [0.3, 0.4) is 0 Å². The number of nitrogens with zero attached hydrogens (tertiary/aromatic N) is 1. The van der Waals surface area contributed by atoms with E-state index in [0.717, 1.165) is 13.1 Å². The zero-order valence-electron chi connectivity index (χ0n) is 11.2. The van der Waals surface area contributed by atoms with E-state index >= 15 is 0 Å². The second kappa shape index (κ2) is 5.19. The molecule has 2 nitrogen and oxygen atoms in total. The van der Waals surface area contributed by atoms with Gasteiger partial charge in [-0.1, -0.05) is 30.7 Å². The van der Waals surface area contributed by atoms with Gasteiger partial charge >= 0.3 is 0 Å². The van der Waals surface area contributed by atoms with Crippen LogP contribution in [0.4, 0.5) is 0 Å². The number of nitrogens with two attached hydrogens (primary N) is 1. The predicted octanol–water partition coefficient (Wildman–Crippen LogP) is 2.47. The van der Waals surface area contributed by atoms with Gasteiger partial charge in [-0.05, 0) is 43.9 Å². The summed E-state index contributed by atoms with van der Waals surface area (Å²) in [6.07, 6.45) is 1.23. The molecule has 0 saturated carbocycles. The van der Waals surface area contributed by atoms with Crippen molar-refractivity contribution < 1.29 is 0 Å². The summed E-state index contributed by atoms with van der Waals surface area (Å²) in [7, 11) is 0. The summed E-state index contributed by atoms with van der Waals surface area (Å²) in [6, 6.07) is 7.07. The first-order valence-corrected chi connectivity index (χ1v) is 6.60. The first-order valence-electron chi connectivity index (χ1n) is 6.60. The van der Waals surface area contributed by atoms with Crippen molar-refractivity contribution >= 4 is 0 Å². The fourth-order valence-corrected chi connectivity index (χ4v) is 2.58. The van der Waals surface area contributed by atoms with E-state index in [9.17, 15) is 0 Å². The molecular formula is C15H24N2. The Balaban J connectivity index is 2.01. The molecule has 2 N–H and O–H groups in total. The third-order valence-electron chi connectivity index (χ3n) is 3.99. The number of hydrogen-bond acceptors (Lipinski definition) is 2. The minimum Gasteiger partial charge on any atom is -0.326 e. The average molecular weight is 232 g/mol. The number of hydrogen-bond donors (Lipinski definition) is 1. The summed E-state index contributed by atoms with van der Waals surface area (Å²) in [5.41, 5.74) is 10.3. The van der Waals surface area contributed by atoms with Crippen LogP contribution in [-0.2, 0) is 6.54 Å². The second-order valence-corrected chi connectivity index (χ2v) is 5.59. The van der Waals surface area contributed by atoms with Gasteiger partial charge in [-0.2, -0.15) is 0 Å². The normalized spacial score (nSPS) is 26.1. The lowest BCUT2D eigenvalue weighted by atomic mass is 9.93. The van der Waals surface area contributed by atoms with Crippen molar-refractivity contribution in [3.8, 4) is 0 Å². The SMILES string of the molecule is Cc1ccc(CN2CCC(C)C(N)C2)c(C)c1. The quantitative estimate of drug-likeness (QED) is 0.849. The maximum atomic E-state index is 6.14. The molecular weight excluding hydrogens is 208 g/mol. The standard InChI is InChI=1S/C15H24N2/c1-11-4-5-14(13(3)8-11)9-17-7-6-12(2)15(16)10-17/h4-5,8,12,15H,6-7,9-10,16H2,1-3H3. The van der Waals surface area contributed by atoms with Crippen LogP contribution in [0, 0.1) is 19.8 Å². The van der Waals surface area contributed by atoms with Crippen molar-refractivity contribution in [1.82, 2.24) is 4.90 Å². The summed E-state index contributed by atoms with van der Waals surface area (Å²) in [5.74, 6) is 0.672. The van der Waals surface area contributed by atoms with Crippen molar-refractivity contribution in [2.45, 2.75) is 39.8 Å². The van der Waals surface area contributed by atoms with Gasteiger partial charge in [0.1, 0.15) is 0 Å². The van der Waals surface area contributed by atoms with Crippen LogP contribution < -0.4 is 5.73 Å².